The molecule has 1 aromatic heterocycles. The van der Waals surface area contributed by atoms with Crippen molar-refractivity contribution < 1.29 is 14.3 Å². The predicted molar refractivity (Wildman–Crippen MR) is 130 cm³/mol. The van der Waals surface area contributed by atoms with Crippen LogP contribution in [0.1, 0.15) is 49.2 Å². The van der Waals surface area contributed by atoms with Crippen LogP contribution in [-0.4, -0.2) is 27.8 Å². The van der Waals surface area contributed by atoms with Crippen molar-refractivity contribution in [2.24, 2.45) is 5.92 Å². The normalized spacial score (nSPS) is 14.2. The second kappa shape index (κ2) is 11.0. The fourth-order valence-electron chi connectivity index (χ4n) is 4.31. The molecule has 178 valence electrons. The maximum Gasteiger partial charge on any atom is 0.408 e. The van der Waals surface area contributed by atoms with Crippen LogP contribution >= 0.6 is 0 Å². The summed E-state index contributed by atoms with van der Waals surface area (Å²) in [7, 11) is 0. The van der Waals surface area contributed by atoms with Gasteiger partial charge in [0, 0.05) is 5.69 Å². The Morgan fingerprint density at radius 2 is 1.76 bits per heavy atom. The van der Waals surface area contributed by atoms with Crippen molar-refractivity contribution in [3.05, 3.63) is 83.2 Å². The molecule has 2 N–H and O–H groups in total. The topological polar surface area (TPSA) is 85.2 Å². The van der Waals surface area contributed by atoms with E-state index in [-0.39, 0.29) is 18.4 Å². The lowest BCUT2D eigenvalue weighted by Crippen LogP contribution is -2.50. The Morgan fingerprint density at radius 3 is 2.47 bits per heavy atom. The van der Waals surface area contributed by atoms with Gasteiger partial charge in [-0.3, -0.25) is 4.79 Å². The van der Waals surface area contributed by atoms with E-state index in [1.54, 1.807) is 0 Å². The number of nitrogens with zero attached hydrogens (tertiary/aromatic N) is 2. The maximum absolute atomic E-state index is 13.1. The standard InChI is InChI=1S/C27H32N4O3/c1-3-19(2)25(29-27(33)34-18-20-11-6-4-7-12-20)26(32)28-17-23-22-15-10-16-24(22)31(30-23)21-13-8-5-9-14-21/h4-9,11-14,19,25H,3,10,15-18H2,1-2H3,(H,28,32)(H,29,33)/t19-,25-/m0/s1. The third-order valence-corrected chi connectivity index (χ3v) is 6.43. The first-order valence-corrected chi connectivity index (χ1v) is 12.0. The lowest BCUT2D eigenvalue weighted by molar-refractivity contribution is -0.124. The van der Waals surface area contributed by atoms with E-state index in [0.717, 1.165) is 42.6 Å². The first-order valence-electron chi connectivity index (χ1n) is 12.0. The third-order valence-electron chi connectivity index (χ3n) is 6.43. The second-order valence-electron chi connectivity index (χ2n) is 8.76. The van der Waals surface area contributed by atoms with Crippen LogP contribution in [0, 0.1) is 5.92 Å². The molecule has 34 heavy (non-hydrogen) atoms. The average molecular weight is 461 g/mol. The van der Waals surface area contributed by atoms with Gasteiger partial charge < -0.3 is 15.4 Å². The number of hydrogen-bond donors (Lipinski definition) is 2. The molecule has 0 bridgehead atoms. The number of rotatable bonds is 9. The summed E-state index contributed by atoms with van der Waals surface area (Å²) in [6.07, 6.45) is 3.18. The third kappa shape index (κ3) is 5.47. The van der Waals surface area contributed by atoms with Gasteiger partial charge in [0.2, 0.25) is 5.91 Å². The lowest BCUT2D eigenvalue weighted by atomic mass is 9.98. The number of carbonyl (C=O) groups is 2. The average Bonchev–Trinajstić information content (AvgIpc) is 3.48. The zero-order valence-corrected chi connectivity index (χ0v) is 19.8. The van der Waals surface area contributed by atoms with Crippen molar-refractivity contribution in [2.75, 3.05) is 0 Å². The Labute approximate surface area is 200 Å². The Hall–Kier alpha value is -3.61. The van der Waals surface area contributed by atoms with Gasteiger partial charge in [0.05, 0.1) is 17.9 Å². The number of carbonyl (C=O) groups excluding carboxylic acids is 2. The molecule has 0 fully saturated rings. The monoisotopic (exact) mass is 460 g/mol. The van der Waals surface area contributed by atoms with Crippen molar-refractivity contribution in [3.63, 3.8) is 0 Å². The van der Waals surface area contributed by atoms with Gasteiger partial charge in [-0.25, -0.2) is 9.48 Å². The van der Waals surface area contributed by atoms with Crippen LogP contribution in [0.4, 0.5) is 4.79 Å². The smallest absolute Gasteiger partial charge is 0.408 e. The van der Waals surface area contributed by atoms with E-state index in [1.165, 1.54) is 11.3 Å². The summed E-state index contributed by atoms with van der Waals surface area (Å²) in [6.45, 7) is 4.43. The summed E-state index contributed by atoms with van der Waals surface area (Å²) < 4.78 is 7.33. The lowest BCUT2D eigenvalue weighted by Gasteiger charge is -2.23. The van der Waals surface area contributed by atoms with Gasteiger partial charge >= 0.3 is 6.09 Å². The van der Waals surface area contributed by atoms with Gasteiger partial charge in [-0.15, -0.1) is 0 Å². The van der Waals surface area contributed by atoms with E-state index >= 15 is 0 Å². The van der Waals surface area contributed by atoms with E-state index in [4.69, 9.17) is 9.84 Å². The molecule has 0 aliphatic heterocycles. The molecule has 0 saturated carbocycles. The highest BCUT2D eigenvalue weighted by Crippen LogP contribution is 2.27. The first-order chi connectivity index (χ1) is 16.6. The SMILES string of the molecule is CC[C@H](C)[C@H](NC(=O)OCc1ccccc1)C(=O)NCc1nn(-c2ccccc2)c2c1CCC2. The Morgan fingerprint density at radius 1 is 1.06 bits per heavy atom. The van der Waals surface area contributed by atoms with Crippen LogP contribution in [0.2, 0.25) is 0 Å². The minimum absolute atomic E-state index is 0.0446. The van der Waals surface area contributed by atoms with Crippen molar-refractivity contribution in [2.45, 2.75) is 58.7 Å². The molecule has 3 aromatic rings. The van der Waals surface area contributed by atoms with Gasteiger partial charge in [-0.05, 0) is 48.4 Å². The van der Waals surface area contributed by atoms with E-state index in [2.05, 4.69) is 10.6 Å². The van der Waals surface area contributed by atoms with Crippen LogP contribution in [0.5, 0.6) is 0 Å². The summed E-state index contributed by atoms with van der Waals surface area (Å²) in [6, 6.07) is 18.8. The Balaban J connectivity index is 1.40. The number of ether oxygens (including phenoxy) is 1. The zero-order valence-electron chi connectivity index (χ0n) is 19.8. The van der Waals surface area contributed by atoms with E-state index in [1.807, 2.05) is 79.2 Å². The molecule has 0 spiro atoms. The van der Waals surface area contributed by atoms with E-state index in [9.17, 15) is 9.59 Å². The van der Waals surface area contributed by atoms with Crippen molar-refractivity contribution in [1.29, 1.82) is 0 Å². The summed E-state index contributed by atoms with van der Waals surface area (Å²) in [5, 5.41) is 10.6. The number of amides is 2. The van der Waals surface area contributed by atoms with Crippen LogP contribution in [0.3, 0.4) is 0 Å². The highest BCUT2D eigenvalue weighted by Gasteiger charge is 2.28. The molecule has 1 aliphatic carbocycles. The first kappa shape index (κ1) is 23.5. The number of nitrogens with one attached hydrogen (secondary N) is 2. The molecule has 7 nitrogen and oxygen atoms in total. The Kier molecular flexibility index (Phi) is 7.62. The number of hydrogen-bond acceptors (Lipinski definition) is 4. The van der Waals surface area contributed by atoms with Gasteiger partial charge in [-0.1, -0.05) is 68.8 Å². The molecule has 0 saturated heterocycles. The van der Waals surface area contributed by atoms with Crippen LogP contribution in [0.15, 0.2) is 60.7 Å². The molecule has 2 aromatic carbocycles. The van der Waals surface area contributed by atoms with Crippen LogP contribution in [-0.2, 0) is 35.5 Å². The highest BCUT2D eigenvalue weighted by atomic mass is 16.5. The minimum atomic E-state index is -0.683. The number of alkyl carbamates (subject to hydrolysis) is 1. The molecule has 7 heteroatoms. The predicted octanol–water partition coefficient (Wildman–Crippen LogP) is 4.32. The Bertz CT molecular complexity index is 1110. The molecule has 2 amide bonds. The number of fused-ring (bicyclic) bond motifs is 1. The molecular formula is C27H32N4O3. The summed E-state index contributed by atoms with van der Waals surface area (Å²) in [5.41, 5.74) is 5.25. The molecule has 4 rings (SSSR count). The molecule has 2 atom stereocenters. The summed E-state index contributed by atoms with van der Waals surface area (Å²) in [4.78, 5) is 25.5. The van der Waals surface area contributed by atoms with Crippen LogP contribution < -0.4 is 10.6 Å². The number of para-hydroxylation sites is 1. The van der Waals surface area contributed by atoms with Crippen molar-refractivity contribution >= 4 is 12.0 Å². The van der Waals surface area contributed by atoms with E-state index in [0.29, 0.717) is 6.54 Å². The van der Waals surface area contributed by atoms with E-state index < -0.39 is 12.1 Å². The minimum Gasteiger partial charge on any atom is -0.445 e. The summed E-state index contributed by atoms with van der Waals surface area (Å²) in [5.74, 6) is -0.274. The van der Waals surface area contributed by atoms with Gasteiger partial charge in [0.1, 0.15) is 12.6 Å². The molecule has 0 unspecified atom stereocenters. The fourth-order valence-corrected chi connectivity index (χ4v) is 4.31. The second-order valence-corrected chi connectivity index (χ2v) is 8.76. The highest BCUT2D eigenvalue weighted by molar-refractivity contribution is 5.85. The van der Waals surface area contributed by atoms with Crippen molar-refractivity contribution in [1.82, 2.24) is 20.4 Å². The quantitative estimate of drug-likeness (QED) is 0.498. The molecule has 1 aliphatic rings. The molecular weight excluding hydrogens is 428 g/mol. The number of benzene rings is 2. The fraction of sp³-hybridized carbons (Fsp3) is 0.370. The largest absolute Gasteiger partial charge is 0.445 e. The van der Waals surface area contributed by atoms with Crippen LogP contribution in [0.25, 0.3) is 5.69 Å². The molecule has 1 heterocycles. The van der Waals surface area contributed by atoms with Gasteiger partial charge in [0.15, 0.2) is 0 Å². The summed E-state index contributed by atoms with van der Waals surface area (Å²) >= 11 is 0. The zero-order chi connectivity index (χ0) is 23.9. The van der Waals surface area contributed by atoms with Gasteiger partial charge in [0.25, 0.3) is 0 Å². The molecule has 0 radical (unpaired) electrons. The van der Waals surface area contributed by atoms with Crippen molar-refractivity contribution in [3.8, 4) is 5.69 Å². The number of aromatic nitrogens is 2. The maximum atomic E-state index is 13.1. The van der Waals surface area contributed by atoms with Gasteiger partial charge in [-0.2, -0.15) is 5.10 Å².